The van der Waals surface area contributed by atoms with E-state index in [1.54, 1.807) is 17.0 Å². The van der Waals surface area contributed by atoms with Crippen LogP contribution in [0.25, 0.3) is 0 Å². The lowest BCUT2D eigenvalue weighted by molar-refractivity contribution is -0.137. The highest BCUT2D eigenvalue weighted by molar-refractivity contribution is 5.96. The van der Waals surface area contributed by atoms with Crippen LogP contribution in [0.1, 0.15) is 42.1 Å². The van der Waals surface area contributed by atoms with E-state index in [1.165, 1.54) is 0 Å². The fourth-order valence-electron chi connectivity index (χ4n) is 2.62. The van der Waals surface area contributed by atoms with Gasteiger partial charge in [-0.1, -0.05) is 12.1 Å². The Kier molecular flexibility index (Phi) is 4.83. The van der Waals surface area contributed by atoms with Gasteiger partial charge in [-0.3, -0.25) is 4.79 Å². The first-order chi connectivity index (χ1) is 10.0. The van der Waals surface area contributed by atoms with Crippen LogP contribution in [0.5, 0.6) is 0 Å². The maximum absolute atomic E-state index is 12.1. The molecule has 1 aliphatic rings. The molecule has 0 radical (unpaired) electrons. The van der Waals surface area contributed by atoms with Crippen molar-refractivity contribution in [3.63, 3.8) is 0 Å². The van der Waals surface area contributed by atoms with E-state index in [-0.39, 0.29) is 18.6 Å². The number of ether oxygens (including phenoxy) is 1. The van der Waals surface area contributed by atoms with Gasteiger partial charge in [0.1, 0.15) is 0 Å². The Balaban J connectivity index is 1.94. The number of anilines is 1. The predicted molar refractivity (Wildman–Crippen MR) is 80.9 cm³/mol. The topological polar surface area (TPSA) is 72.6 Å². The number of esters is 1. The summed E-state index contributed by atoms with van der Waals surface area (Å²) >= 11 is 0. The van der Waals surface area contributed by atoms with Crippen LogP contribution < -0.4 is 5.73 Å². The molecule has 5 heteroatoms. The number of hydrogen-bond donors (Lipinski definition) is 1. The molecule has 1 aromatic carbocycles. The standard InChI is InChI=1S/C16H22N2O3/c1-11-6-5-8-13(15(11)17)16(20)21-10-14(19)18-9-4-3-7-12(18)2/h5-6,8,12H,3-4,7,9-10,17H2,1-2H3/t12-/m1/s1. The zero-order chi connectivity index (χ0) is 15.4. The highest BCUT2D eigenvalue weighted by Crippen LogP contribution is 2.19. The van der Waals surface area contributed by atoms with Gasteiger partial charge in [0, 0.05) is 18.3 Å². The van der Waals surface area contributed by atoms with Gasteiger partial charge < -0.3 is 15.4 Å². The first-order valence-corrected chi connectivity index (χ1v) is 7.32. The third-order valence-electron chi connectivity index (χ3n) is 3.99. The van der Waals surface area contributed by atoms with E-state index in [1.807, 2.05) is 19.9 Å². The Hall–Kier alpha value is -2.04. The molecule has 1 heterocycles. The normalized spacial score (nSPS) is 18.4. The fraction of sp³-hybridized carbons (Fsp3) is 0.500. The Morgan fingerprint density at radius 1 is 1.38 bits per heavy atom. The molecule has 21 heavy (non-hydrogen) atoms. The van der Waals surface area contributed by atoms with Crippen molar-refractivity contribution in [2.45, 2.75) is 39.2 Å². The van der Waals surface area contributed by atoms with E-state index in [0.29, 0.717) is 11.3 Å². The molecule has 0 aliphatic carbocycles. The van der Waals surface area contributed by atoms with Crippen LogP contribution in [-0.2, 0) is 9.53 Å². The first-order valence-electron chi connectivity index (χ1n) is 7.32. The molecule has 1 aliphatic heterocycles. The van der Waals surface area contributed by atoms with E-state index >= 15 is 0 Å². The van der Waals surface area contributed by atoms with Gasteiger partial charge in [0.05, 0.1) is 5.56 Å². The molecule has 114 valence electrons. The monoisotopic (exact) mass is 290 g/mol. The van der Waals surface area contributed by atoms with E-state index in [4.69, 9.17) is 10.5 Å². The number of benzene rings is 1. The SMILES string of the molecule is Cc1cccc(C(=O)OCC(=O)N2CCCC[C@H]2C)c1N. The molecule has 0 aromatic heterocycles. The van der Waals surface area contributed by atoms with Gasteiger partial charge >= 0.3 is 5.97 Å². The number of likely N-dealkylation sites (tertiary alicyclic amines) is 1. The van der Waals surface area contributed by atoms with Crippen molar-refractivity contribution in [1.82, 2.24) is 4.90 Å². The highest BCUT2D eigenvalue weighted by atomic mass is 16.5. The maximum atomic E-state index is 12.1. The van der Waals surface area contributed by atoms with Crippen LogP contribution in [0.2, 0.25) is 0 Å². The molecule has 5 nitrogen and oxygen atoms in total. The van der Waals surface area contributed by atoms with Crippen LogP contribution >= 0.6 is 0 Å². The summed E-state index contributed by atoms with van der Waals surface area (Å²) in [7, 11) is 0. The Labute approximate surface area is 125 Å². The molecule has 1 fully saturated rings. The average Bonchev–Trinajstić information content (AvgIpc) is 2.47. The molecule has 1 saturated heterocycles. The molecule has 1 aromatic rings. The van der Waals surface area contributed by atoms with Crippen molar-refractivity contribution < 1.29 is 14.3 Å². The summed E-state index contributed by atoms with van der Waals surface area (Å²) in [6.07, 6.45) is 3.16. The van der Waals surface area contributed by atoms with Crippen molar-refractivity contribution in [2.75, 3.05) is 18.9 Å². The number of nitrogens with two attached hydrogens (primary N) is 1. The quantitative estimate of drug-likeness (QED) is 0.683. The average molecular weight is 290 g/mol. The molecule has 1 atom stereocenters. The molecule has 2 N–H and O–H groups in total. The second-order valence-electron chi connectivity index (χ2n) is 5.54. The zero-order valence-corrected chi connectivity index (χ0v) is 12.6. The summed E-state index contributed by atoms with van der Waals surface area (Å²) < 4.78 is 5.12. The lowest BCUT2D eigenvalue weighted by Gasteiger charge is -2.33. The van der Waals surface area contributed by atoms with Gasteiger partial charge in [-0.15, -0.1) is 0 Å². The number of carbonyl (C=O) groups excluding carboxylic acids is 2. The van der Waals surface area contributed by atoms with Crippen molar-refractivity contribution in [1.29, 1.82) is 0 Å². The molecular formula is C16H22N2O3. The number of nitrogen functional groups attached to an aromatic ring is 1. The molecule has 0 bridgehead atoms. The minimum Gasteiger partial charge on any atom is -0.452 e. The van der Waals surface area contributed by atoms with Crippen LogP contribution in [-0.4, -0.2) is 36.0 Å². The van der Waals surface area contributed by atoms with Crippen molar-refractivity contribution in [3.8, 4) is 0 Å². The van der Waals surface area contributed by atoms with Gasteiger partial charge in [-0.2, -0.15) is 0 Å². The van der Waals surface area contributed by atoms with E-state index in [9.17, 15) is 9.59 Å². The van der Waals surface area contributed by atoms with Gasteiger partial charge in [-0.05, 0) is 44.7 Å². The van der Waals surface area contributed by atoms with Crippen molar-refractivity contribution in [3.05, 3.63) is 29.3 Å². The number of piperidine rings is 1. The third kappa shape index (κ3) is 3.54. The minimum absolute atomic E-state index is 0.137. The lowest BCUT2D eigenvalue weighted by Crippen LogP contribution is -2.44. The number of nitrogens with zero attached hydrogens (tertiary/aromatic N) is 1. The van der Waals surface area contributed by atoms with Gasteiger partial charge in [0.25, 0.3) is 5.91 Å². The fourth-order valence-corrected chi connectivity index (χ4v) is 2.62. The maximum Gasteiger partial charge on any atom is 0.340 e. The van der Waals surface area contributed by atoms with E-state index in [0.717, 1.165) is 31.4 Å². The largest absolute Gasteiger partial charge is 0.452 e. The number of para-hydroxylation sites is 1. The van der Waals surface area contributed by atoms with Crippen LogP contribution in [0.3, 0.4) is 0 Å². The van der Waals surface area contributed by atoms with Gasteiger partial charge in [0.15, 0.2) is 6.61 Å². The summed E-state index contributed by atoms with van der Waals surface area (Å²) in [5.74, 6) is -0.684. The number of rotatable bonds is 3. The number of carbonyl (C=O) groups is 2. The predicted octanol–water partition coefficient (Wildman–Crippen LogP) is 2.14. The number of aryl methyl sites for hydroxylation is 1. The van der Waals surface area contributed by atoms with Crippen LogP contribution in [0.4, 0.5) is 5.69 Å². The molecule has 0 saturated carbocycles. The van der Waals surface area contributed by atoms with Crippen LogP contribution in [0.15, 0.2) is 18.2 Å². The van der Waals surface area contributed by atoms with E-state index in [2.05, 4.69) is 0 Å². The summed E-state index contributed by atoms with van der Waals surface area (Å²) in [5, 5.41) is 0. The van der Waals surface area contributed by atoms with Gasteiger partial charge in [0.2, 0.25) is 0 Å². The summed E-state index contributed by atoms with van der Waals surface area (Å²) in [6, 6.07) is 5.40. The Morgan fingerprint density at radius 3 is 2.86 bits per heavy atom. The zero-order valence-electron chi connectivity index (χ0n) is 12.6. The van der Waals surface area contributed by atoms with Gasteiger partial charge in [-0.25, -0.2) is 4.79 Å². The molecule has 1 amide bonds. The smallest absolute Gasteiger partial charge is 0.340 e. The minimum atomic E-state index is -0.547. The third-order valence-corrected chi connectivity index (χ3v) is 3.99. The molecular weight excluding hydrogens is 268 g/mol. The molecule has 0 unspecified atom stereocenters. The number of amides is 1. The lowest BCUT2D eigenvalue weighted by atomic mass is 10.0. The highest BCUT2D eigenvalue weighted by Gasteiger charge is 2.24. The molecule has 2 rings (SSSR count). The van der Waals surface area contributed by atoms with E-state index < -0.39 is 5.97 Å². The Morgan fingerprint density at radius 2 is 2.14 bits per heavy atom. The molecule has 0 spiro atoms. The Bertz CT molecular complexity index is 542. The second-order valence-corrected chi connectivity index (χ2v) is 5.54. The van der Waals surface area contributed by atoms with Crippen LogP contribution in [0, 0.1) is 6.92 Å². The van der Waals surface area contributed by atoms with Crippen molar-refractivity contribution in [2.24, 2.45) is 0 Å². The number of hydrogen-bond acceptors (Lipinski definition) is 4. The summed E-state index contributed by atoms with van der Waals surface area (Å²) in [4.78, 5) is 25.9. The second kappa shape index (κ2) is 6.61. The summed E-state index contributed by atoms with van der Waals surface area (Å²) in [6.45, 7) is 4.37. The van der Waals surface area contributed by atoms with Crippen molar-refractivity contribution >= 4 is 17.6 Å². The summed E-state index contributed by atoms with van der Waals surface area (Å²) in [5.41, 5.74) is 7.40. The first kappa shape index (κ1) is 15.4.